The van der Waals surface area contributed by atoms with Gasteiger partial charge in [0.2, 0.25) is 0 Å². The van der Waals surface area contributed by atoms with E-state index >= 15 is 0 Å². The first kappa shape index (κ1) is 9.48. The predicted octanol–water partition coefficient (Wildman–Crippen LogP) is 3.01. The number of benzene rings is 1. The highest BCUT2D eigenvalue weighted by molar-refractivity contribution is 7.47. The van der Waals surface area contributed by atoms with Crippen LogP contribution in [0.25, 0.3) is 0 Å². The third kappa shape index (κ3) is 1.95. The molecule has 0 bridgehead atoms. The van der Waals surface area contributed by atoms with E-state index < -0.39 is 0 Å². The van der Waals surface area contributed by atoms with Crippen LogP contribution in [0, 0.1) is 20.8 Å². The first-order valence-electron chi connectivity index (χ1n) is 4.21. The highest BCUT2D eigenvalue weighted by atomic mass is 31.1. The fourth-order valence-electron chi connectivity index (χ4n) is 1.51. The van der Waals surface area contributed by atoms with Crippen molar-refractivity contribution in [3.8, 4) is 0 Å². The Labute approximate surface area is 76.4 Å². The van der Waals surface area contributed by atoms with Gasteiger partial charge in [0, 0.05) is 5.30 Å². The normalized spacial score (nSPS) is 11.0. The number of hydrogen-bond donors (Lipinski definition) is 0. The van der Waals surface area contributed by atoms with Crippen molar-refractivity contribution < 1.29 is 0 Å². The largest absolute Gasteiger partial charge is 0.0726 e. The van der Waals surface area contributed by atoms with Crippen molar-refractivity contribution in [3.05, 3.63) is 28.8 Å². The standard InChI is InChI=1S/C11H15P/c1-5-12-11-9(3)6-8(2)7-10(11)4/h5-7H,1-4H3. The first-order chi connectivity index (χ1) is 5.65. The molecule has 0 aliphatic carbocycles. The second kappa shape index (κ2) is 3.87. The van der Waals surface area contributed by atoms with Gasteiger partial charge in [-0.1, -0.05) is 31.7 Å². The van der Waals surface area contributed by atoms with E-state index in [0.717, 1.165) is 0 Å². The minimum Gasteiger partial charge on any atom is -0.0726 e. The number of hydrogen-bond acceptors (Lipinski definition) is 0. The van der Waals surface area contributed by atoms with Gasteiger partial charge in [-0.15, -0.1) is 0 Å². The van der Waals surface area contributed by atoms with E-state index in [0.29, 0.717) is 0 Å². The summed E-state index contributed by atoms with van der Waals surface area (Å²) in [6.07, 6.45) is 0. The van der Waals surface area contributed by atoms with Crippen molar-refractivity contribution in [3.63, 3.8) is 0 Å². The van der Waals surface area contributed by atoms with Gasteiger partial charge in [0.1, 0.15) is 0 Å². The number of rotatable bonds is 1. The zero-order valence-electron chi connectivity index (χ0n) is 8.18. The summed E-state index contributed by atoms with van der Waals surface area (Å²) in [5.74, 6) is 2.19. The zero-order chi connectivity index (χ0) is 9.14. The Hall–Kier alpha value is -0.610. The Morgan fingerprint density at radius 2 is 1.58 bits per heavy atom. The van der Waals surface area contributed by atoms with E-state index in [1.54, 1.807) is 0 Å². The quantitative estimate of drug-likeness (QED) is 0.580. The third-order valence-corrected chi connectivity index (χ3v) is 3.12. The summed E-state index contributed by atoms with van der Waals surface area (Å²) in [6.45, 7) is 8.62. The first-order valence-corrected chi connectivity index (χ1v) is 5.18. The fourth-order valence-corrected chi connectivity index (χ4v) is 2.30. The molecule has 0 spiro atoms. The molecule has 0 heterocycles. The molecular formula is C11H15P. The SMILES string of the molecule is CC=Pc1c(C)cc(C)cc1C. The summed E-state index contributed by atoms with van der Waals surface area (Å²) in [5.41, 5.74) is 4.18. The minimum absolute atomic E-state index is 1.33. The predicted molar refractivity (Wildman–Crippen MR) is 58.9 cm³/mol. The van der Waals surface area contributed by atoms with Crippen LogP contribution >= 0.6 is 8.20 Å². The second-order valence-corrected chi connectivity index (χ2v) is 4.36. The Balaban J connectivity index is 3.28. The van der Waals surface area contributed by atoms with E-state index in [1.165, 1.54) is 30.2 Å². The molecule has 1 heteroatoms. The maximum absolute atomic E-state index is 2.25. The van der Waals surface area contributed by atoms with E-state index in [1.807, 2.05) is 0 Å². The van der Waals surface area contributed by atoms with Gasteiger partial charge >= 0.3 is 0 Å². The molecule has 0 radical (unpaired) electrons. The van der Waals surface area contributed by atoms with Gasteiger partial charge in [0.15, 0.2) is 0 Å². The van der Waals surface area contributed by atoms with Crippen LogP contribution in [0.5, 0.6) is 0 Å². The molecule has 0 aliphatic heterocycles. The van der Waals surface area contributed by atoms with Crippen LogP contribution in [-0.4, -0.2) is 5.80 Å². The van der Waals surface area contributed by atoms with Crippen LogP contribution < -0.4 is 5.30 Å². The molecule has 0 aliphatic rings. The van der Waals surface area contributed by atoms with Crippen LogP contribution in [-0.2, 0) is 0 Å². The van der Waals surface area contributed by atoms with Crippen LogP contribution in [0.15, 0.2) is 12.1 Å². The molecule has 64 valence electrons. The lowest BCUT2D eigenvalue weighted by atomic mass is 10.1. The summed E-state index contributed by atoms with van der Waals surface area (Å²) < 4.78 is 0. The van der Waals surface area contributed by atoms with Crippen LogP contribution in [0.4, 0.5) is 0 Å². The summed E-state index contributed by atoms with van der Waals surface area (Å²) in [4.78, 5) is 0. The molecule has 0 aromatic heterocycles. The molecule has 12 heavy (non-hydrogen) atoms. The van der Waals surface area contributed by atoms with Crippen molar-refractivity contribution in [2.45, 2.75) is 27.7 Å². The van der Waals surface area contributed by atoms with E-state index in [4.69, 9.17) is 0 Å². The molecular weight excluding hydrogens is 163 g/mol. The topological polar surface area (TPSA) is 0 Å². The van der Waals surface area contributed by atoms with E-state index in [9.17, 15) is 0 Å². The molecule has 1 aromatic rings. The van der Waals surface area contributed by atoms with Crippen molar-refractivity contribution in [1.82, 2.24) is 0 Å². The Kier molecular flexibility index (Phi) is 3.05. The Morgan fingerprint density at radius 3 is 2.00 bits per heavy atom. The summed E-state index contributed by atoms with van der Waals surface area (Å²) in [5, 5.41) is 1.46. The molecule has 1 rings (SSSR count). The summed E-state index contributed by atoms with van der Waals surface area (Å²) in [7, 11) is 1.33. The van der Waals surface area contributed by atoms with Crippen molar-refractivity contribution in [2.24, 2.45) is 0 Å². The molecule has 0 amide bonds. The monoisotopic (exact) mass is 178 g/mol. The average molecular weight is 178 g/mol. The average Bonchev–Trinajstić information content (AvgIpc) is 1.96. The highest BCUT2D eigenvalue weighted by Crippen LogP contribution is 2.11. The lowest BCUT2D eigenvalue weighted by Gasteiger charge is -2.05. The van der Waals surface area contributed by atoms with Crippen LogP contribution in [0.3, 0.4) is 0 Å². The van der Waals surface area contributed by atoms with Gasteiger partial charge in [-0.25, -0.2) is 0 Å². The summed E-state index contributed by atoms with van der Waals surface area (Å²) >= 11 is 0. The minimum atomic E-state index is 1.33. The van der Waals surface area contributed by atoms with Gasteiger partial charge in [0.05, 0.1) is 0 Å². The second-order valence-electron chi connectivity index (χ2n) is 3.13. The third-order valence-electron chi connectivity index (χ3n) is 1.89. The lowest BCUT2D eigenvalue weighted by molar-refractivity contribution is 1.36. The molecule has 0 saturated heterocycles. The molecule has 0 N–H and O–H groups in total. The van der Waals surface area contributed by atoms with Crippen LogP contribution in [0.1, 0.15) is 23.6 Å². The van der Waals surface area contributed by atoms with Gasteiger partial charge in [-0.2, -0.15) is 0 Å². The molecule has 0 saturated carbocycles. The molecule has 0 atom stereocenters. The molecule has 0 nitrogen and oxygen atoms in total. The maximum Gasteiger partial charge on any atom is 0.00732 e. The van der Waals surface area contributed by atoms with Crippen molar-refractivity contribution >= 4 is 19.3 Å². The van der Waals surface area contributed by atoms with Crippen molar-refractivity contribution in [2.75, 3.05) is 0 Å². The molecule has 0 unspecified atom stereocenters. The zero-order valence-corrected chi connectivity index (χ0v) is 9.07. The highest BCUT2D eigenvalue weighted by Gasteiger charge is 1.99. The number of aryl methyl sites for hydroxylation is 3. The Bertz CT molecular complexity index is 288. The smallest absolute Gasteiger partial charge is 0.00732 e. The van der Waals surface area contributed by atoms with Gasteiger partial charge < -0.3 is 0 Å². The Morgan fingerprint density at radius 1 is 1.08 bits per heavy atom. The van der Waals surface area contributed by atoms with Crippen molar-refractivity contribution in [1.29, 1.82) is 0 Å². The van der Waals surface area contributed by atoms with Gasteiger partial charge in [-0.05, 0) is 38.8 Å². The lowest BCUT2D eigenvalue weighted by Crippen LogP contribution is -2.03. The maximum atomic E-state index is 2.25. The van der Waals surface area contributed by atoms with E-state index in [-0.39, 0.29) is 0 Å². The fraction of sp³-hybridized carbons (Fsp3) is 0.364. The van der Waals surface area contributed by atoms with Crippen LogP contribution in [0.2, 0.25) is 0 Å². The van der Waals surface area contributed by atoms with Gasteiger partial charge in [0.25, 0.3) is 0 Å². The van der Waals surface area contributed by atoms with Gasteiger partial charge in [-0.3, -0.25) is 0 Å². The summed E-state index contributed by atoms with van der Waals surface area (Å²) in [6, 6.07) is 4.50. The molecule has 1 aromatic carbocycles. The molecule has 0 fully saturated rings. The van der Waals surface area contributed by atoms with E-state index in [2.05, 4.69) is 45.6 Å².